The number of fused-ring (bicyclic) bond motifs is 1. The Balaban J connectivity index is 1.77. The number of benzene rings is 2. The number of hydrogen-bond donors (Lipinski definition) is 3. The Morgan fingerprint density at radius 1 is 1.20 bits per heavy atom. The number of rotatable bonds is 7. The van der Waals surface area contributed by atoms with E-state index in [0.29, 0.717) is 16.7 Å². The standard InChI is InChI=1S/C25H23ClF2N4O3/c1-13(2)21-17(24(34)29-20(9-10-33)14-3-6-16(27)7-4-14)12-32-22(21)25(35)30-23(31-32)15-5-8-18(26)19(28)11-15/h3-8,11-13,20,33H,9-10H2,1-2H3,(H,29,34)(H,30,31,35)/t20-/m1/s1. The molecule has 2 heterocycles. The minimum absolute atomic E-state index is 0.0576. The number of carbonyl (C=O) groups is 1. The zero-order valence-corrected chi connectivity index (χ0v) is 19.7. The minimum Gasteiger partial charge on any atom is -0.396 e. The first-order valence-electron chi connectivity index (χ1n) is 11.0. The quantitative estimate of drug-likeness (QED) is 0.345. The van der Waals surface area contributed by atoms with Crippen LogP contribution in [0.4, 0.5) is 8.78 Å². The van der Waals surface area contributed by atoms with Crippen LogP contribution in [0, 0.1) is 11.6 Å². The summed E-state index contributed by atoms with van der Waals surface area (Å²) in [6.45, 7) is 3.50. The van der Waals surface area contributed by atoms with Crippen LogP contribution in [0.2, 0.25) is 5.02 Å². The molecule has 1 amide bonds. The number of H-pyrrole nitrogens is 1. The predicted octanol–water partition coefficient (Wildman–Crippen LogP) is 4.60. The molecule has 2 aromatic carbocycles. The molecule has 0 bridgehead atoms. The maximum Gasteiger partial charge on any atom is 0.275 e. The maximum atomic E-state index is 14.0. The number of aromatic amines is 1. The van der Waals surface area contributed by atoms with Gasteiger partial charge in [-0.25, -0.2) is 13.3 Å². The molecule has 0 aliphatic heterocycles. The number of aromatic nitrogens is 3. The van der Waals surface area contributed by atoms with Gasteiger partial charge in [-0.3, -0.25) is 9.59 Å². The molecule has 10 heteroatoms. The summed E-state index contributed by atoms with van der Waals surface area (Å²) in [5, 5.41) is 16.7. The molecule has 0 radical (unpaired) electrons. The van der Waals surface area contributed by atoms with E-state index in [-0.39, 0.29) is 40.9 Å². The van der Waals surface area contributed by atoms with Crippen LogP contribution >= 0.6 is 11.6 Å². The highest BCUT2D eigenvalue weighted by Crippen LogP contribution is 2.27. The van der Waals surface area contributed by atoms with Crippen LogP contribution in [-0.4, -0.2) is 32.2 Å². The second kappa shape index (κ2) is 9.97. The highest BCUT2D eigenvalue weighted by molar-refractivity contribution is 6.30. The summed E-state index contributed by atoms with van der Waals surface area (Å²) in [6.07, 6.45) is 1.67. The van der Waals surface area contributed by atoms with E-state index in [4.69, 9.17) is 11.6 Å². The molecule has 35 heavy (non-hydrogen) atoms. The van der Waals surface area contributed by atoms with Crippen LogP contribution in [0.3, 0.4) is 0 Å². The number of aliphatic hydroxyl groups is 1. The first-order chi connectivity index (χ1) is 16.7. The van der Waals surface area contributed by atoms with Gasteiger partial charge >= 0.3 is 0 Å². The number of nitrogens with zero attached hydrogens (tertiary/aromatic N) is 2. The van der Waals surface area contributed by atoms with Crippen molar-refractivity contribution in [3.63, 3.8) is 0 Å². The first kappa shape index (κ1) is 24.6. The van der Waals surface area contributed by atoms with Crippen molar-refractivity contribution in [1.29, 1.82) is 0 Å². The van der Waals surface area contributed by atoms with Crippen molar-refractivity contribution in [3.8, 4) is 11.4 Å². The summed E-state index contributed by atoms with van der Waals surface area (Å²) in [4.78, 5) is 29.0. The van der Waals surface area contributed by atoms with Crippen LogP contribution in [0.25, 0.3) is 16.9 Å². The molecule has 0 fully saturated rings. The van der Waals surface area contributed by atoms with E-state index in [0.717, 1.165) is 6.07 Å². The zero-order chi connectivity index (χ0) is 25.3. The lowest BCUT2D eigenvalue weighted by Gasteiger charge is -2.19. The lowest BCUT2D eigenvalue weighted by Crippen LogP contribution is -2.29. The van der Waals surface area contributed by atoms with Crippen molar-refractivity contribution in [3.05, 3.63) is 92.4 Å². The Hall–Kier alpha value is -3.56. The van der Waals surface area contributed by atoms with Crippen LogP contribution < -0.4 is 10.9 Å². The average molecular weight is 501 g/mol. The van der Waals surface area contributed by atoms with E-state index in [1.807, 2.05) is 13.8 Å². The van der Waals surface area contributed by atoms with Crippen LogP contribution in [0.5, 0.6) is 0 Å². The monoisotopic (exact) mass is 500 g/mol. The van der Waals surface area contributed by atoms with Gasteiger partial charge in [-0.05, 0) is 48.2 Å². The largest absolute Gasteiger partial charge is 0.396 e. The molecule has 1 atom stereocenters. The van der Waals surface area contributed by atoms with Crippen LogP contribution in [-0.2, 0) is 0 Å². The number of carbonyl (C=O) groups excluding carboxylic acids is 1. The topological polar surface area (TPSA) is 99.5 Å². The molecule has 3 N–H and O–H groups in total. The molecule has 2 aromatic heterocycles. The molecule has 182 valence electrons. The molecule has 4 aromatic rings. The Morgan fingerprint density at radius 3 is 2.54 bits per heavy atom. The average Bonchev–Trinajstić information content (AvgIpc) is 3.22. The van der Waals surface area contributed by atoms with E-state index < -0.39 is 29.1 Å². The van der Waals surface area contributed by atoms with Crippen molar-refractivity contribution >= 4 is 23.0 Å². The van der Waals surface area contributed by atoms with Crippen LogP contribution in [0.1, 0.15) is 53.7 Å². The smallest absolute Gasteiger partial charge is 0.275 e. The van der Waals surface area contributed by atoms with E-state index in [1.165, 1.54) is 35.0 Å². The molecular weight excluding hydrogens is 478 g/mol. The summed E-state index contributed by atoms with van der Waals surface area (Å²) in [5.41, 5.74) is 1.39. The Bertz CT molecular complexity index is 1450. The normalized spacial score (nSPS) is 12.3. The van der Waals surface area contributed by atoms with Gasteiger partial charge in [0.2, 0.25) is 0 Å². The van der Waals surface area contributed by atoms with E-state index in [1.54, 1.807) is 12.1 Å². The van der Waals surface area contributed by atoms with Gasteiger partial charge in [-0.15, -0.1) is 5.10 Å². The van der Waals surface area contributed by atoms with Gasteiger partial charge < -0.3 is 15.4 Å². The Labute approximate surface area is 204 Å². The molecule has 4 rings (SSSR count). The van der Waals surface area contributed by atoms with Gasteiger partial charge in [-0.2, -0.15) is 0 Å². The fourth-order valence-corrected chi connectivity index (χ4v) is 4.15. The van der Waals surface area contributed by atoms with Crippen molar-refractivity contribution in [1.82, 2.24) is 19.9 Å². The number of nitrogens with one attached hydrogen (secondary N) is 2. The summed E-state index contributed by atoms with van der Waals surface area (Å²) < 4.78 is 28.6. The number of halogens is 3. The summed E-state index contributed by atoms with van der Waals surface area (Å²) >= 11 is 5.75. The van der Waals surface area contributed by atoms with E-state index in [9.17, 15) is 23.5 Å². The summed E-state index contributed by atoms with van der Waals surface area (Å²) in [6, 6.07) is 9.12. The molecule has 0 spiro atoms. The molecule has 0 aliphatic carbocycles. The molecule has 0 saturated heterocycles. The zero-order valence-electron chi connectivity index (χ0n) is 19.0. The first-order valence-corrected chi connectivity index (χ1v) is 11.4. The number of hydrogen-bond acceptors (Lipinski definition) is 4. The van der Waals surface area contributed by atoms with Gasteiger partial charge in [0.25, 0.3) is 11.5 Å². The minimum atomic E-state index is -0.655. The summed E-state index contributed by atoms with van der Waals surface area (Å²) in [7, 11) is 0. The fourth-order valence-electron chi connectivity index (χ4n) is 4.03. The highest BCUT2D eigenvalue weighted by Gasteiger charge is 2.25. The van der Waals surface area contributed by atoms with E-state index >= 15 is 0 Å². The third kappa shape index (κ3) is 4.96. The van der Waals surface area contributed by atoms with Gasteiger partial charge in [-0.1, -0.05) is 37.6 Å². The lowest BCUT2D eigenvalue weighted by molar-refractivity contribution is 0.0929. The number of amides is 1. The van der Waals surface area contributed by atoms with Crippen LogP contribution in [0.15, 0.2) is 53.5 Å². The SMILES string of the molecule is CC(C)c1c(C(=O)N[C@H](CCO)c2ccc(F)cc2)cn2nc(-c3ccc(Cl)c(F)c3)[nH]c(=O)c12. The van der Waals surface area contributed by atoms with Gasteiger partial charge in [0.1, 0.15) is 17.2 Å². The van der Waals surface area contributed by atoms with Crippen molar-refractivity contribution in [2.24, 2.45) is 0 Å². The molecular formula is C25H23ClF2N4O3. The Kier molecular flexibility index (Phi) is 7.00. The lowest BCUT2D eigenvalue weighted by atomic mass is 9.98. The molecule has 7 nitrogen and oxygen atoms in total. The second-order valence-electron chi connectivity index (χ2n) is 8.43. The summed E-state index contributed by atoms with van der Waals surface area (Å²) in [5.74, 6) is -1.63. The molecule has 0 aliphatic rings. The van der Waals surface area contributed by atoms with E-state index in [2.05, 4.69) is 15.4 Å². The van der Waals surface area contributed by atoms with Crippen molar-refractivity contribution < 1.29 is 18.7 Å². The van der Waals surface area contributed by atoms with Crippen molar-refractivity contribution in [2.75, 3.05) is 6.61 Å². The third-order valence-electron chi connectivity index (χ3n) is 5.69. The maximum absolute atomic E-state index is 14.0. The molecule has 0 unspecified atom stereocenters. The van der Waals surface area contributed by atoms with Gasteiger partial charge in [0.05, 0.1) is 16.6 Å². The highest BCUT2D eigenvalue weighted by atomic mass is 35.5. The number of aliphatic hydroxyl groups excluding tert-OH is 1. The molecule has 0 saturated carbocycles. The Morgan fingerprint density at radius 2 is 1.91 bits per heavy atom. The third-order valence-corrected chi connectivity index (χ3v) is 6.00. The second-order valence-corrected chi connectivity index (χ2v) is 8.83. The van der Waals surface area contributed by atoms with Gasteiger partial charge in [0, 0.05) is 23.9 Å². The van der Waals surface area contributed by atoms with Gasteiger partial charge in [0.15, 0.2) is 5.82 Å². The fraction of sp³-hybridized carbons (Fsp3) is 0.240. The predicted molar refractivity (Wildman–Crippen MR) is 129 cm³/mol. The van der Waals surface area contributed by atoms with Crippen molar-refractivity contribution in [2.45, 2.75) is 32.2 Å².